The Balaban J connectivity index is 2.05. The minimum atomic E-state index is 0.590. The van der Waals surface area contributed by atoms with Crippen LogP contribution in [0.25, 0.3) is 11.0 Å². The Morgan fingerprint density at radius 3 is 2.85 bits per heavy atom. The van der Waals surface area contributed by atoms with Crippen LogP contribution in [0.2, 0.25) is 5.02 Å². The molecule has 0 radical (unpaired) electrons. The topological polar surface area (TPSA) is 61.6 Å². The van der Waals surface area contributed by atoms with Crippen molar-refractivity contribution in [1.29, 1.82) is 5.26 Å². The van der Waals surface area contributed by atoms with Gasteiger partial charge in [0.2, 0.25) is 0 Å². The maximum absolute atomic E-state index is 8.95. The number of benzene rings is 2. The van der Waals surface area contributed by atoms with E-state index in [1.54, 1.807) is 12.1 Å². The van der Waals surface area contributed by atoms with Gasteiger partial charge in [-0.1, -0.05) is 11.6 Å². The van der Waals surface area contributed by atoms with Crippen molar-refractivity contribution in [1.82, 2.24) is 8.75 Å². The van der Waals surface area contributed by atoms with Crippen LogP contribution in [0.5, 0.6) is 0 Å². The lowest BCUT2D eigenvalue weighted by Crippen LogP contribution is -1.94. The summed E-state index contributed by atoms with van der Waals surface area (Å²) in [6.07, 6.45) is 0. The molecule has 6 heteroatoms. The summed E-state index contributed by atoms with van der Waals surface area (Å²) in [7, 11) is 0. The second-order valence-corrected chi connectivity index (χ2v) is 5.26. The molecule has 2 aromatic carbocycles. The van der Waals surface area contributed by atoms with Crippen molar-refractivity contribution in [2.75, 3.05) is 5.32 Å². The van der Waals surface area contributed by atoms with E-state index < -0.39 is 0 Å². The van der Waals surface area contributed by atoms with Crippen LogP contribution < -0.4 is 5.32 Å². The molecule has 0 aliphatic carbocycles. The standard InChI is InChI=1S/C14H9ClN4S/c1-8-6-10(3-2-9(8)7-16)17-13-11(15)4-5-12-14(13)19-20-18-12/h2-6,17H,1H3. The molecule has 1 heterocycles. The van der Waals surface area contributed by atoms with E-state index in [0.717, 1.165) is 39.7 Å². The number of nitriles is 1. The van der Waals surface area contributed by atoms with Crippen LogP contribution in [0.15, 0.2) is 30.3 Å². The Morgan fingerprint density at radius 2 is 2.10 bits per heavy atom. The number of hydrogen-bond donors (Lipinski definition) is 1. The van der Waals surface area contributed by atoms with Crippen molar-refractivity contribution in [3.63, 3.8) is 0 Å². The Bertz CT molecular complexity index is 835. The van der Waals surface area contributed by atoms with Crippen molar-refractivity contribution in [2.24, 2.45) is 0 Å². The van der Waals surface area contributed by atoms with Gasteiger partial charge in [0.1, 0.15) is 11.0 Å². The smallest absolute Gasteiger partial charge is 0.129 e. The summed E-state index contributed by atoms with van der Waals surface area (Å²) in [5.41, 5.74) is 4.75. The molecular formula is C14H9ClN4S. The first-order valence-corrected chi connectivity index (χ1v) is 6.98. The third kappa shape index (κ3) is 2.20. The van der Waals surface area contributed by atoms with Crippen molar-refractivity contribution >= 4 is 45.7 Å². The number of aromatic nitrogens is 2. The van der Waals surface area contributed by atoms with Gasteiger partial charge in [0.15, 0.2) is 0 Å². The first kappa shape index (κ1) is 12.9. The number of rotatable bonds is 2. The molecule has 1 aromatic heterocycles. The second-order valence-electron chi connectivity index (χ2n) is 4.32. The number of nitrogens with one attached hydrogen (secondary N) is 1. The molecule has 0 aliphatic heterocycles. The normalized spacial score (nSPS) is 10.4. The van der Waals surface area contributed by atoms with Crippen molar-refractivity contribution in [3.05, 3.63) is 46.5 Å². The summed E-state index contributed by atoms with van der Waals surface area (Å²) in [5, 5.41) is 12.8. The van der Waals surface area contributed by atoms with Gasteiger partial charge < -0.3 is 5.32 Å². The quantitative estimate of drug-likeness (QED) is 0.768. The number of nitrogens with zero attached hydrogens (tertiary/aromatic N) is 3. The summed E-state index contributed by atoms with van der Waals surface area (Å²) < 4.78 is 8.46. The minimum absolute atomic E-state index is 0.590. The number of anilines is 2. The number of halogens is 1. The Hall–Kier alpha value is -2.16. The van der Waals surface area contributed by atoms with Gasteiger partial charge in [0.25, 0.3) is 0 Å². The highest BCUT2D eigenvalue weighted by atomic mass is 35.5. The Labute approximate surface area is 125 Å². The first-order chi connectivity index (χ1) is 9.69. The largest absolute Gasteiger partial charge is 0.352 e. The van der Waals surface area contributed by atoms with Crippen LogP contribution in [-0.4, -0.2) is 8.75 Å². The van der Waals surface area contributed by atoms with Gasteiger partial charge >= 0.3 is 0 Å². The lowest BCUT2D eigenvalue weighted by molar-refractivity contribution is 1.39. The van der Waals surface area contributed by atoms with E-state index in [1.165, 1.54) is 0 Å². The average molecular weight is 301 g/mol. The van der Waals surface area contributed by atoms with E-state index in [9.17, 15) is 0 Å². The molecule has 98 valence electrons. The molecule has 0 amide bonds. The van der Waals surface area contributed by atoms with E-state index in [0.29, 0.717) is 10.6 Å². The zero-order valence-corrected chi connectivity index (χ0v) is 12.1. The molecule has 0 atom stereocenters. The Morgan fingerprint density at radius 1 is 1.25 bits per heavy atom. The van der Waals surface area contributed by atoms with Crippen molar-refractivity contribution in [3.8, 4) is 6.07 Å². The maximum atomic E-state index is 8.95. The molecule has 0 saturated heterocycles. The molecule has 4 nitrogen and oxygen atoms in total. The van der Waals surface area contributed by atoms with Gasteiger partial charge in [-0.25, -0.2) is 0 Å². The second kappa shape index (κ2) is 5.08. The van der Waals surface area contributed by atoms with E-state index in [2.05, 4.69) is 20.1 Å². The van der Waals surface area contributed by atoms with Gasteiger partial charge in [-0.15, -0.1) is 0 Å². The van der Waals surface area contributed by atoms with Gasteiger partial charge in [0, 0.05) is 5.69 Å². The Kier molecular flexibility index (Phi) is 3.26. The van der Waals surface area contributed by atoms with E-state index in [4.69, 9.17) is 16.9 Å². The van der Waals surface area contributed by atoms with Gasteiger partial charge in [-0.2, -0.15) is 14.0 Å². The average Bonchev–Trinajstić information content (AvgIpc) is 2.91. The van der Waals surface area contributed by atoms with Gasteiger partial charge in [-0.05, 0) is 42.8 Å². The summed E-state index contributed by atoms with van der Waals surface area (Å²) in [4.78, 5) is 0. The predicted octanol–water partition coefficient (Wildman–Crippen LogP) is 4.27. The predicted molar refractivity (Wildman–Crippen MR) is 81.6 cm³/mol. The number of fused-ring (bicyclic) bond motifs is 1. The molecule has 3 aromatic rings. The van der Waals surface area contributed by atoms with E-state index in [-0.39, 0.29) is 0 Å². The zero-order valence-electron chi connectivity index (χ0n) is 10.5. The molecule has 3 rings (SSSR count). The summed E-state index contributed by atoms with van der Waals surface area (Å²) in [6.45, 7) is 1.90. The van der Waals surface area contributed by atoms with E-state index in [1.807, 2.05) is 25.1 Å². The van der Waals surface area contributed by atoms with Crippen LogP contribution in [0.4, 0.5) is 11.4 Å². The fourth-order valence-electron chi connectivity index (χ4n) is 1.96. The highest BCUT2D eigenvalue weighted by Gasteiger charge is 2.10. The summed E-state index contributed by atoms with van der Waals surface area (Å²) >= 11 is 7.38. The molecule has 0 fully saturated rings. The highest BCUT2D eigenvalue weighted by molar-refractivity contribution is 7.00. The highest BCUT2D eigenvalue weighted by Crippen LogP contribution is 2.32. The van der Waals surface area contributed by atoms with Crippen LogP contribution in [0.1, 0.15) is 11.1 Å². The first-order valence-electron chi connectivity index (χ1n) is 5.87. The summed E-state index contributed by atoms with van der Waals surface area (Å²) in [5.74, 6) is 0. The lowest BCUT2D eigenvalue weighted by Gasteiger charge is -2.10. The van der Waals surface area contributed by atoms with E-state index >= 15 is 0 Å². The molecule has 1 N–H and O–H groups in total. The van der Waals surface area contributed by atoms with Crippen LogP contribution in [0, 0.1) is 18.3 Å². The number of hydrogen-bond acceptors (Lipinski definition) is 5. The SMILES string of the molecule is Cc1cc(Nc2c(Cl)ccc3nsnc23)ccc1C#N. The lowest BCUT2D eigenvalue weighted by atomic mass is 10.1. The fraction of sp³-hybridized carbons (Fsp3) is 0.0714. The summed E-state index contributed by atoms with van der Waals surface area (Å²) in [6, 6.07) is 11.3. The van der Waals surface area contributed by atoms with Crippen LogP contribution >= 0.6 is 23.3 Å². The zero-order chi connectivity index (χ0) is 14.1. The number of aryl methyl sites for hydroxylation is 1. The van der Waals surface area contributed by atoms with Crippen LogP contribution in [-0.2, 0) is 0 Å². The monoisotopic (exact) mass is 300 g/mol. The maximum Gasteiger partial charge on any atom is 0.129 e. The van der Waals surface area contributed by atoms with Crippen molar-refractivity contribution < 1.29 is 0 Å². The fourth-order valence-corrected chi connectivity index (χ4v) is 2.70. The van der Waals surface area contributed by atoms with Gasteiger partial charge in [0.05, 0.1) is 34.1 Å². The molecule has 0 aliphatic rings. The van der Waals surface area contributed by atoms with Gasteiger partial charge in [-0.3, -0.25) is 0 Å². The third-order valence-corrected chi connectivity index (χ3v) is 3.85. The van der Waals surface area contributed by atoms with Crippen LogP contribution in [0.3, 0.4) is 0 Å². The molecule has 0 unspecified atom stereocenters. The minimum Gasteiger partial charge on any atom is -0.352 e. The molecule has 20 heavy (non-hydrogen) atoms. The molecular weight excluding hydrogens is 292 g/mol. The molecule has 0 spiro atoms. The third-order valence-electron chi connectivity index (χ3n) is 2.99. The van der Waals surface area contributed by atoms with Crippen molar-refractivity contribution in [2.45, 2.75) is 6.92 Å². The molecule has 0 bridgehead atoms. The molecule has 0 saturated carbocycles.